The lowest BCUT2D eigenvalue weighted by molar-refractivity contribution is 0.0457. The molecule has 3 nitrogen and oxygen atoms in total. The third-order valence-corrected chi connectivity index (χ3v) is 3.17. The standard InChI is InChI=1S/C12H19ClN2O/c1-3-12(16,4-2)8-15-11-7-9(13)5-6-10(11)14/h5-7,15-16H,3-4,8,14H2,1-2H3. The number of benzene rings is 1. The average Bonchev–Trinajstić information content (AvgIpc) is 2.30. The summed E-state index contributed by atoms with van der Waals surface area (Å²) in [6.07, 6.45) is 1.41. The molecule has 16 heavy (non-hydrogen) atoms. The van der Waals surface area contributed by atoms with Gasteiger partial charge in [-0.05, 0) is 31.0 Å². The van der Waals surface area contributed by atoms with Crippen molar-refractivity contribution in [2.24, 2.45) is 0 Å². The molecule has 90 valence electrons. The van der Waals surface area contributed by atoms with E-state index in [0.29, 0.717) is 30.1 Å². The van der Waals surface area contributed by atoms with Crippen molar-refractivity contribution in [1.82, 2.24) is 0 Å². The Morgan fingerprint density at radius 2 is 2.00 bits per heavy atom. The zero-order chi connectivity index (χ0) is 12.2. The summed E-state index contributed by atoms with van der Waals surface area (Å²) in [7, 11) is 0. The zero-order valence-corrected chi connectivity index (χ0v) is 10.5. The molecule has 0 unspecified atom stereocenters. The van der Waals surface area contributed by atoms with E-state index in [-0.39, 0.29) is 0 Å². The van der Waals surface area contributed by atoms with Crippen molar-refractivity contribution in [3.05, 3.63) is 23.2 Å². The van der Waals surface area contributed by atoms with Gasteiger partial charge in [-0.1, -0.05) is 25.4 Å². The number of nitrogens with two attached hydrogens (primary N) is 1. The molecular weight excluding hydrogens is 224 g/mol. The van der Waals surface area contributed by atoms with Gasteiger partial charge in [-0.25, -0.2) is 0 Å². The number of nitrogen functional groups attached to an aromatic ring is 1. The predicted molar refractivity (Wildman–Crippen MR) is 69.9 cm³/mol. The Hall–Kier alpha value is -0.930. The molecule has 0 aliphatic rings. The van der Waals surface area contributed by atoms with Crippen LogP contribution in [0.2, 0.25) is 5.02 Å². The van der Waals surface area contributed by atoms with Crippen molar-refractivity contribution in [2.45, 2.75) is 32.3 Å². The molecule has 0 aromatic heterocycles. The maximum atomic E-state index is 10.1. The molecule has 0 aliphatic carbocycles. The topological polar surface area (TPSA) is 58.3 Å². The van der Waals surface area contributed by atoms with E-state index in [4.69, 9.17) is 17.3 Å². The average molecular weight is 243 g/mol. The fourth-order valence-electron chi connectivity index (χ4n) is 1.44. The Morgan fingerprint density at radius 3 is 2.56 bits per heavy atom. The van der Waals surface area contributed by atoms with Gasteiger partial charge in [-0.2, -0.15) is 0 Å². The van der Waals surface area contributed by atoms with Crippen LogP contribution in [-0.4, -0.2) is 17.3 Å². The minimum absolute atomic E-state index is 0.477. The fourth-order valence-corrected chi connectivity index (χ4v) is 1.61. The number of nitrogens with one attached hydrogen (secondary N) is 1. The Kier molecular flexibility index (Phi) is 4.44. The lowest BCUT2D eigenvalue weighted by atomic mass is 9.97. The van der Waals surface area contributed by atoms with Crippen LogP contribution in [-0.2, 0) is 0 Å². The van der Waals surface area contributed by atoms with Crippen LogP contribution in [0.3, 0.4) is 0 Å². The third kappa shape index (κ3) is 3.29. The summed E-state index contributed by atoms with van der Waals surface area (Å²) in [6.45, 7) is 4.41. The van der Waals surface area contributed by atoms with E-state index >= 15 is 0 Å². The van der Waals surface area contributed by atoms with E-state index in [0.717, 1.165) is 5.69 Å². The molecule has 1 aromatic rings. The summed E-state index contributed by atoms with van der Waals surface area (Å²) in [5, 5.41) is 13.9. The molecule has 0 bridgehead atoms. The molecule has 0 saturated heterocycles. The first-order chi connectivity index (χ1) is 7.50. The van der Waals surface area contributed by atoms with E-state index < -0.39 is 5.60 Å². The summed E-state index contributed by atoms with van der Waals surface area (Å²) in [6, 6.07) is 5.26. The maximum absolute atomic E-state index is 10.1. The molecule has 0 aliphatic heterocycles. The number of hydrogen-bond donors (Lipinski definition) is 3. The lowest BCUT2D eigenvalue weighted by Gasteiger charge is -2.26. The van der Waals surface area contributed by atoms with Crippen molar-refractivity contribution in [3.63, 3.8) is 0 Å². The molecule has 0 amide bonds. The molecule has 0 heterocycles. The zero-order valence-electron chi connectivity index (χ0n) is 9.76. The second kappa shape index (κ2) is 5.41. The Morgan fingerprint density at radius 1 is 1.38 bits per heavy atom. The molecule has 0 saturated carbocycles. The molecular formula is C12H19ClN2O. The second-order valence-corrected chi connectivity index (χ2v) is 4.45. The van der Waals surface area contributed by atoms with Crippen LogP contribution >= 0.6 is 11.6 Å². The molecule has 0 fully saturated rings. The molecule has 4 N–H and O–H groups in total. The van der Waals surface area contributed by atoms with Gasteiger partial charge in [-0.3, -0.25) is 0 Å². The SMILES string of the molecule is CCC(O)(CC)CNc1cc(Cl)ccc1N. The van der Waals surface area contributed by atoms with Crippen molar-refractivity contribution in [2.75, 3.05) is 17.6 Å². The summed E-state index contributed by atoms with van der Waals surface area (Å²) >= 11 is 5.88. The number of halogens is 1. The summed E-state index contributed by atoms with van der Waals surface area (Å²) < 4.78 is 0. The highest BCUT2D eigenvalue weighted by Crippen LogP contribution is 2.24. The van der Waals surface area contributed by atoms with Gasteiger partial charge in [0.2, 0.25) is 0 Å². The number of anilines is 2. The number of hydrogen-bond acceptors (Lipinski definition) is 3. The van der Waals surface area contributed by atoms with Crippen LogP contribution in [0.15, 0.2) is 18.2 Å². The van der Waals surface area contributed by atoms with Crippen LogP contribution in [0, 0.1) is 0 Å². The van der Waals surface area contributed by atoms with Gasteiger partial charge in [0.05, 0.1) is 17.0 Å². The van der Waals surface area contributed by atoms with Crippen molar-refractivity contribution in [3.8, 4) is 0 Å². The van der Waals surface area contributed by atoms with E-state index in [1.54, 1.807) is 18.2 Å². The van der Waals surface area contributed by atoms with Gasteiger partial charge in [0, 0.05) is 11.6 Å². The van der Waals surface area contributed by atoms with Crippen LogP contribution < -0.4 is 11.1 Å². The minimum atomic E-state index is -0.686. The molecule has 0 atom stereocenters. The van der Waals surface area contributed by atoms with Crippen LogP contribution in [0.1, 0.15) is 26.7 Å². The third-order valence-electron chi connectivity index (χ3n) is 2.94. The first-order valence-corrected chi connectivity index (χ1v) is 5.90. The monoisotopic (exact) mass is 242 g/mol. The minimum Gasteiger partial charge on any atom is -0.397 e. The molecule has 0 spiro atoms. The Labute approximate surface area is 102 Å². The molecule has 1 aromatic carbocycles. The first kappa shape index (κ1) is 13.1. The van der Waals surface area contributed by atoms with Crippen LogP contribution in [0.25, 0.3) is 0 Å². The van der Waals surface area contributed by atoms with Gasteiger partial charge in [0.25, 0.3) is 0 Å². The molecule has 1 rings (SSSR count). The van der Waals surface area contributed by atoms with Gasteiger partial charge in [0.15, 0.2) is 0 Å². The van der Waals surface area contributed by atoms with E-state index in [2.05, 4.69) is 5.32 Å². The smallest absolute Gasteiger partial charge is 0.0814 e. The Bertz CT molecular complexity index is 351. The van der Waals surface area contributed by atoms with E-state index in [1.165, 1.54) is 0 Å². The normalized spacial score (nSPS) is 11.5. The Balaban J connectivity index is 2.70. The lowest BCUT2D eigenvalue weighted by Crippen LogP contribution is -2.35. The molecule has 4 heteroatoms. The predicted octanol–water partition coefficient (Wildman–Crippen LogP) is 2.89. The fraction of sp³-hybridized carbons (Fsp3) is 0.500. The van der Waals surface area contributed by atoms with Crippen LogP contribution in [0.4, 0.5) is 11.4 Å². The van der Waals surface area contributed by atoms with Gasteiger partial charge in [-0.15, -0.1) is 0 Å². The summed E-state index contributed by atoms with van der Waals surface area (Å²) in [5.41, 5.74) is 6.52. The highest BCUT2D eigenvalue weighted by molar-refractivity contribution is 6.31. The number of rotatable bonds is 5. The van der Waals surface area contributed by atoms with E-state index in [9.17, 15) is 5.11 Å². The van der Waals surface area contributed by atoms with Gasteiger partial charge in [0.1, 0.15) is 0 Å². The quantitative estimate of drug-likeness (QED) is 0.696. The van der Waals surface area contributed by atoms with Gasteiger partial charge < -0.3 is 16.2 Å². The second-order valence-electron chi connectivity index (χ2n) is 4.02. The largest absolute Gasteiger partial charge is 0.397 e. The number of aliphatic hydroxyl groups is 1. The highest BCUT2D eigenvalue weighted by Gasteiger charge is 2.21. The first-order valence-electron chi connectivity index (χ1n) is 5.52. The van der Waals surface area contributed by atoms with Crippen molar-refractivity contribution >= 4 is 23.0 Å². The van der Waals surface area contributed by atoms with Crippen molar-refractivity contribution in [1.29, 1.82) is 0 Å². The van der Waals surface area contributed by atoms with Gasteiger partial charge >= 0.3 is 0 Å². The summed E-state index contributed by atoms with van der Waals surface area (Å²) in [5.74, 6) is 0. The maximum Gasteiger partial charge on any atom is 0.0814 e. The highest BCUT2D eigenvalue weighted by atomic mass is 35.5. The molecule has 0 radical (unpaired) electrons. The van der Waals surface area contributed by atoms with Crippen molar-refractivity contribution < 1.29 is 5.11 Å². The van der Waals surface area contributed by atoms with E-state index in [1.807, 2.05) is 13.8 Å². The van der Waals surface area contributed by atoms with Crippen LogP contribution in [0.5, 0.6) is 0 Å². The summed E-state index contributed by atoms with van der Waals surface area (Å²) in [4.78, 5) is 0.